The van der Waals surface area contributed by atoms with Crippen LogP contribution in [-0.2, 0) is 11.2 Å². The Morgan fingerprint density at radius 2 is 2.04 bits per heavy atom. The van der Waals surface area contributed by atoms with Gasteiger partial charge in [0.05, 0.1) is 0 Å². The number of rotatable bonds is 6. The minimum atomic E-state index is -0.385. The van der Waals surface area contributed by atoms with E-state index >= 15 is 0 Å². The third kappa shape index (κ3) is 3.99. The van der Waals surface area contributed by atoms with Gasteiger partial charge in [-0.25, -0.2) is 4.79 Å². The van der Waals surface area contributed by atoms with Crippen molar-refractivity contribution < 1.29 is 14.3 Å². The average molecular weight is 392 g/mol. The lowest BCUT2D eigenvalue weighted by atomic mass is 9.81. The molecule has 0 spiro atoms. The second-order valence-corrected chi connectivity index (χ2v) is 8.22. The number of ketones is 1. The molecule has 0 amide bonds. The maximum atomic E-state index is 12.7. The number of Topliss-reactive ketones (excluding diaryl/α,β-unsaturated/α-hetero) is 1. The molecule has 1 atom stereocenters. The number of hydrogen-bond acceptors (Lipinski definition) is 4. The Bertz CT molecular complexity index is 813. The predicted octanol–water partition coefficient (Wildman–Crippen LogP) is 4.80. The summed E-state index contributed by atoms with van der Waals surface area (Å²) in [4.78, 5) is 28.2. The van der Waals surface area contributed by atoms with Crippen LogP contribution >= 0.6 is 23.4 Å². The zero-order valence-corrected chi connectivity index (χ0v) is 16.5. The molecule has 26 heavy (non-hydrogen) atoms. The van der Waals surface area contributed by atoms with Crippen LogP contribution in [0, 0.1) is 6.92 Å². The molecule has 0 radical (unpaired) electrons. The van der Waals surface area contributed by atoms with Crippen LogP contribution in [-0.4, -0.2) is 34.8 Å². The molecule has 1 N–H and O–H groups in total. The number of halogens is 1. The fourth-order valence-corrected chi connectivity index (χ4v) is 4.03. The highest BCUT2D eigenvalue weighted by Crippen LogP contribution is 2.35. The molecule has 0 saturated carbocycles. The van der Waals surface area contributed by atoms with E-state index in [4.69, 9.17) is 16.3 Å². The van der Waals surface area contributed by atoms with Gasteiger partial charge in [-0.15, -0.1) is 0 Å². The van der Waals surface area contributed by atoms with Crippen LogP contribution in [0.25, 0.3) is 0 Å². The van der Waals surface area contributed by atoms with Crippen molar-refractivity contribution in [3.8, 4) is 0 Å². The van der Waals surface area contributed by atoms with Gasteiger partial charge in [0.2, 0.25) is 0 Å². The molecule has 138 valence electrons. The van der Waals surface area contributed by atoms with Crippen molar-refractivity contribution >= 4 is 35.1 Å². The third-order valence-corrected chi connectivity index (χ3v) is 5.81. The highest BCUT2D eigenvalue weighted by Gasteiger charge is 2.32. The predicted molar refractivity (Wildman–Crippen MR) is 106 cm³/mol. The molecule has 4 nitrogen and oxygen atoms in total. The zero-order chi connectivity index (χ0) is 18.7. The maximum absolute atomic E-state index is 12.7. The number of esters is 1. The molecule has 1 unspecified atom stereocenters. The first-order valence-corrected chi connectivity index (χ1v) is 10.3. The summed E-state index contributed by atoms with van der Waals surface area (Å²) in [5.41, 5.74) is 3.68. The smallest absolute Gasteiger partial charge is 0.355 e. The third-order valence-electron chi connectivity index (χ3n) is 4.70. The molecule has 1 aliphatic rings. The molecule has 2 aromatic rings. The van der Waals surface area contributed by atoms with Crippen molar-refractivity contribution in [2.75, 3.05) is 18.1 Å². The summed E-state index contributed by atoms with van der Waals surface area (Å²) in [6.07, 6.45) is 1.14. The summed E-state index contributed by atoms with van der Waals surface area (Å²) >= 11 is 7.68. The number of ether oxygens (including phenoxy) is 1. The Morgan fingerprint density at radius 3 is 2.73 bits per heavy atom. The number of fused-ring (bicyclic) bond motifs is 1. The molecule has 0 bridgehead atoms. The van der Waals surface area contributed by atoms with E-state index < -0.39 is 0 Å². The molecular formula is C20H22ClNO3S. The van der Waals surface area contributed by atoms with Gasteiger partial charge in [0, 0.05) is 28.5 Å². The van der Waals surface area contributed by atoms with E-state index in [-0.39, 0.29) is 17.7 Å². The lowest BCUT2D eigenvalue weighted by Gasteiger charge is -2.22. The summed E-state index contributed by atoms with van der Waals surface area (Å²) in [7, 11) is 0. The number of nitrogens with one attached hydrogen (secondary N) is 1. The first-order valence-electron chi connectivity index (χ1n) is 8.76. The van der Waals surface area contributed by atoms with Crippen LogP contribution in [0.3, 0.4) is 0 Å². The largest absolute Gasteiger partial charge is 0.460 e. The number of aromatic amines is 1. The van der Waals surface area contributed by atoms with Crippen LogP contribution in [0.5, 0.6) is 0 Å². The SMILES string of the molecule is CCSCCOC(=O)c1[nH]c2c(c1C)C(=O)CC(c1ccc(Cl)cc1)C2. The second-order valence-electron chi connectivity index (χ2n) is 6.39. The first-order chi connectivity index (χ1) is 12.5. The molecule has 3 rings (SSSR count). The van der Waals surface area contributed by atoms with Gasteiger partial charge in [0.25, 0.3) is 0 Å². The quantitative estimate of drug-likeness (QED) is 0.567. The van der Waals surface area contributed by atoms with Crippen LogP contribution < -0.4 is 0 Å². The topological polar surface area (TPSA) is 59.2 Å². The van der Waals surface area contributed by atoms with E-state index in [1.807, 2.05) is 31.2 Å². The minimum absolute atomic E-state index is 0.0699. The molecule has 6 heteroatoms. The van der Waals surface area contributed by atoms with Crippen molar-refractivity contribution in [1.82, 2.24) is 4.98 Å². The van der Waals surface area contributed by atoms with Gasteiger partial charge in [-0.05, 0) is 48.3 Å². The van der Waals surface area contributed by atoms with Crippen molar-refractivity contribution in [2.24, 2.45) is 0 Å². The summed E-state index contributed by atoms with van der Waals surface area (Å²) in [6, 6.07) is 7.60. The van der Waals surface area contributed by atoms with E-state index in [9.17, 15) is 9.59 Å². The van der Waals surface area contributed by atoms with Gasteiger partial charge in [-0.1, -0.05) is 30.7 Å². The molecule has 1 heterocycles. The lowest BCUT2D eigenvalue weighted by Crippen LogP contribution is -2.18. The van der Waals surface area contributed by atoms with Gasteiger partial charge >= 0.3 is 5.97 Å². The van der Waals surface area contributed by atoms with Crippen molar-refractivity contribution in [3.05, 3.63) is 57.4 Å². The molecular weight excluding hydrogens is 370 g/mol. The Balaban J connectivity index is 1.78. The van der Waals surface area contributed by atoms with Gasteiger partial charge in [0.1, 0.15) is 12.3 Å². The summed E-state index contributed by atoms with van der Waals surface area (Å²) < 4.78 is 5.33. The standard InChI is InChI=1S/C20H22ClNO3S/c1-3-26-9-8-25-20(24)19-12(2)18-16(22-19)10-14(11-17(18)23)13-4-6-15(21)7-5-13/h4-7,14,22H,3,8-11H2,1-2H3. The minimum Gasteiger partial charge on any atom is -0.460 e. The summed E-state index contributed by atoms with van der Waals surface area (Å²) in [5, 5.41) is 0.679. The molecule has 1 aromatic carbocycles. The number of hydrogen-bond donors (Lipinski definition) is 1. The van der Waals surface area contributed by atoms with E-state index in [0.717, 1.165) is 22.8 Å². The van der Waals surface area contributed by atoms with E-state index in [1.54, 1.807) is 11.8 Å². The molecule has 0 saturated heterocycles. The fraction of sp³-hybridized carbons (Fsp3) is 0.400. The van der Waals surface area contributed by atoms with E-state index in [2.05, 4.69) is 11.9 Å². The highest BCUT2D eigenvalue weighted by molar-refractivity contribution is 7.99. The van der Waals surface area contributed by atoms with Gasteiger partial charge in [-0.2, -0.15) is 11.8 Å². The molecule has 1 aromatic heterocycles. The van der Waals surface area contributed by atoms with Crippen LogP contribution in [0.2, 0.25) is 5.02 Å². The zero-order valence-electron chi connectivity index (χ0n) is 14.9. The van der Waals surface area contributed by atoms with Crippen molar-refractivity contribution in [2.45, 2.75) is 32.6 Å². The number of benzene rings is 1. The number of carbonyl (C=O) groups excluding carboxylic acids is 2. The van der Waals surface area contributed by atoms with Crippen LogP contribution in [0.1, 0.15) is 56.9 Å². The number of thioether (sulfide) groups is 1. The lowest BCUT2D eigenvalue weighted by molar-refractivity contribution is 0.0523. The monoisotopic (exact) mass is 391 g/mol. The normalized spacial score (nSPS) is 16.4. The van der Waals surface area contributed by atoms with E-state index in [1.165, 1.54) is 0 Å². The number of H-pyrrole nitrogens is 1. The van der Waals surface area contributed by atoms with Crippen LogP contribution in [0.4, 0.5) is 0 Å². The highest BCUT2D eigenvalue weighted by atomic mass is 35.5. The molecule has 0 aliphatic heterocycles. The molecule has 1 aliphatic carbocycles. The van der Waals surface area contributed by atoms with E-state index in [0.29, 0.717) is 41.3 Å². The maximum Gasteiger partial charge on any atom is 0.355 e. The van der Waals surface area contributed by atoms with Gasteiger partial charge < -0.3 is 9.72 Å². The Kier molecular flexibility index (Phi) is 6.09. The number of aromatic nitrogens is 1. The van der Waals surface area contributed by atoms with Crippen molar-refractivity contribution in [1.29, 1.82) is 0 Å². The van der Waals surface area contributed by atoms with Crippen molar-refractivity contribution in [3.63, 3.8) is 0 Å². The Hall–Kier alpha value is -1.72. The Morgan fingerprint density at radius 1 is 1.31 bits per heavy atom. The second kappa shape index (κ2) is 8.31. The Labute approximate surface area is 162 Å². The summed E-state index contributed by atoms with van der Waals surface area (Å²) in [6.45, 7) is 4.26. The van der Waals surface area contributed by atoms with Gasteiger partial charge in [0.15, 0.2) is 5.78 Å². The fourth-order valence-electron chi connectivity index (χ4n) is 3.42. The number of carbonyl (C=O) groups is 2. The van der Waals surface area contributed by atoms with Gasteiger partial charge in [-0.3, -0.25) is 4.79 Å². The average Bonchev–Trinajstić information content (AvgIpc) is 2.96. The van der Waals surface area contributed by atoms with Crippen LogP contribution in [0.15, 0.2) is 24.3 Å². The summed E-state index contributed by atoms with van der Waals surface area (Å²) in [5.74, 6) is 1.55. The molecule has 0 fully saturated rings. The first kappa shape index (κ1) is 19.1.